The third-order valence-electron chi connectivity index (χ3n) is 0.732. The maximum Gasteiger partial charge on any atom is 1.00 e. The first kappa shape index (κ1) is 8.77. The molecular weight excluding hydrogens is 131 g/mol. The molecule has 0 aliphatic heterocycles. The molecule has 2 nitrogen and oxygen atoms in total. The summed E-state index contributed by atoms with van der Waals surface area (Å²) >= 11 is 1.23. The average Bonchev–Trinajstić information content (AvgIpc) is 2.12. The Kier molecular flexibility index (Phi) is 3.63. The molecule has 1 heterocycles. The molecule has 1 aromatic heterocycles. The Morgan fingerprint density at radius 3 is 2.67 bits per heavy atom. The summed E-state index contributed by atoms with van der Waals surface area (Å²) in [7, 11) is 0. The molecule has 1 rings (SSSR count). The van der Waals surface area contributed by atoms with Gasteiger partial charge in [0.15, 0.2) is 0 Å². The zero-order valence-corrected chi connectivity index (χ0v) is 5.81. The van der Waals surface area contributed by atoms with E-state index in [9.17, 15) is 4.79 Å². The Morgan fingerprint density at radius 1 is 1.78 bits per heavy atom. The van der Waals surface area contributed by atoms with E-state index in [1.165, 1.54) is 11.3 Å². The van der Waals surface area contributed by atoms with Crippen molar-refractivity contribution >= 4 is 17.3 Å². The number of rotatable bonds is 1. The smallest absolute Gasteiger partial charge is 1.00 e. The van der Waals surface area contributed by atoms with E-state index in [0.717, 1.165) is 0 Å². The maximum atomic E-state index is 10.1. The van der Waals surface area contributed by atoms with Crippen molar-refractivity contribution in [3.05, 3.63) is 22.4 Å². The van der Waals surface area contributed by atoms with E-state index in [1.807, 2.05) is 0 Å². The van der Waals surface area contributed by atoms with Gasteiger partial charge in [-0.25, -0.2) is 4.79 Å². The van der Waals surface area contributed by atoms with E-state index in [4.69, 9.17) is 5.11 Å². The maximum absolute atomic E-state index is 10.1. The molecule has 0 aromatic carbocycles. The molecule has 1 aromatic rings. The Morgan fingerprint density at radius 2 is 2.44 bits per heavy atom. The topological polar surface area (TPSA) is 37.3 Å². The number of hydrogen-bond acceptors (Lipinski definition) is 2. The minimum absolute atomic E-state index is 0. The number of carboxylic acid groups (broad SMARTS) is 1. The summed E-state index contributed by atoms with van der Waals surface area (Å²) in [6, 6.07) is 3.29. The molecule has 0 spiro atoms. The van der Waals surface area contributed by atoms with Crippen LogP contribution in [0.1, 0.15) is 11.1 Å². The van der Waals surface area contributed by atoms with Gasteiger partial charge in [-0.1, -0.05) is 6.07 Å². The van der Waals surface area contributed by atoms with Gasteiger partial charge in [0.2, 0.25) is 0 Å². The summed E-state index contributed by atoms with van der Waals surface area (Å²) < 4.78 is 0. The van der Waals surface area contributed by atoms with Crippen LogP contribution < -0.4 is 18.9 Å². The molecule has 0 amide bonds. The summed E-state index contributed by atoms with van der Waals surface area (Å²) in [5.41, 5.74) is 0. The van der Waals surface area contributed by atoms with Crippen molar-refractivity contribution in [2.45, 2.75) is 0 Å². The van der Waals surface area contributed by atoms with Crippen LogP contribution in [0.2, 0.25) is 0 Å². The quantitative estimate of drug-likeness (QED) is 0.480. The van der Waals surface area contributed by atoms with Crippen molar-refractivity contribution in [2.24, 2.45) is 0 Å². The number of hydrogen-bond donors (Lipinski definition) is 1. The molecular formula is C5H5LiO2S. The number of aromatic carboxylic acids is 1. The minimum atomic E-state index is -0.847. The van der Waals surface area contributed by atoms with Gasteiger partial charge in [-0.05, 0) is 11.4 Å². The van der Waals surface area contributed by atoms with Crippen LogP contribution in [0.5, 0.6) is 0 Å². The van der Waals surface area contributed by atoms with Crippen LogP contribution in [0, 0.1) is 0 Å². The first-order valence-electron chi connectivity index (χ1n) is 2.07. The van der Waals surface area contributed by atoms with Crippen molar-refractivity contribution in [3.8, 4) is 0 Å². The molecule has 9 heavy (non-hydrogen) atoms. The van der Waals surface area contributed by atoms with Gasteiger partial charge >= 0.3 is 24.8 Å². The number of carboxylic acids is 1. The predicted octanol–water partition coefficient (Wildman–Crippen LogP) is -1.44. The van der Waals surface area contributed by atoms with Crippen molar-refractivity contribution in [3.63, 3.8) is 0 Å². The van der Waals surface area contributed by atoms with Gasteiger partial charge in [-0.2, -0.15) is 0 Å². The van der Waals surface area contributed by atoms with E-state index in [2.05, 4.69) is 0 Å². The SMILES string of the molecule is O=C(O)c1cccs1.[H-].[Li+]. The zero-order valence-electron chi connectivity index (χ0n) is 6.00. The normalized spacial score (nSPS) is 8.00. The van der Waals surface area contributed by atoms with Crippen molar-refractivity contribution in [2.75, 3.05) is 0 Å². The standard InChI is InChI=1S/C5H4O2S.Li.H/c6-5(7)4-2-1-3-8-4;;/h1-3H,(H,6,7);;/q;+1;-1. The summed E-state index contributed by atoms with van der Waals surface area (Å²) in [6.45, 7) is 0. The first-order chi connectivity index (χ1) is 3.80. The molecule has 1 N–H and O–H groups in total. The molecule has 44 valence electrons. The van der Waals surface area contributed by atoms with Crippen molar-refractivity contribution in [1.82, 2.24) is 0 Å². The first-order valence-corrected chi connectivity index (χ1v) is 2.95. The van der Waals surface area contributed by atoms with E-state index in [-0.39, 0.29) is 20.3 Å². The molecule has 0 atom stereocenters. The summed E-state index contributed by atoms with van der Waals surface area (Å²) in [6.07, 6.45) is 0. The Balaban J connectivity index is 0. The van der Waals surface area contributed by atoms with Crippen molar-refractivity contribution < 1.29 is 30.2 Å². The molecule has 0 unspecified atom stereocenters. The fourth-order valence-electron chi connectivity index (χ4n) is 0.400. The molecule has 0 saturated heterocycles. The molecule has 0 aliphatic carbocycles. The predicted molar refractivity (Wildman–Crippen MR) is 32.4 cm³/mol. The Hall–Kier alpha value is -0.233. The van der Waals surface area contributed by atoms with Crippen LogP contribution in [-0.2, 0) is 0 Å². The van der Waals surface area contributed by atoms with Crippen molar-refractivity contribution in [1.29, 1.82) is 0 Å². The summed E-state index contributed by atoms with van der Waals surface area (Å²) in [5.74, 6) is -0.847. The third-order valence-corrected chi connectivity index (χ3v) is 1.59. The fraction of sp³-hybridized carbons (Fsp3) is 0. The van der Waals surface area contributed by atoms with Gasteiger partial charge in [-0.15, -0.1) is 11.3 Å². The second-order valence-electron chi connectivity index (χ2n) is 1.28. The third kappa shape index (κ3) is 2.23. The second kappa shape index (κ2) is 3.73. The Bertz CT molecular complexity index is 188. The van der Waals surface area contributed by atoms with Gasteiger partial charge in [0, 0.05) is 0 Å². The minimum Gasteiger partial charge on any atom is -1.00 e. The van der Waals surface area contributed by atoms with E-state index in [1.54, 1.807) is 17.5 Å². The van der Waals surface area contributed by atoms with E-state index >= 15 is 0 Å². The molecule has 0 bridgehead atoms. The molecule has 0 aliphatic rings. The summed E-state index contributed by atoms with van der Waals surface area (Å²) in [4.78, 5) is 10.5. The van der Waals surface area contributed by atoms with Gasteiger partial charge < -0.3 is 6.53 Å². The average molecular weight is 136 g/mol. The van der Waals surface area contributed by atoms with Gasteiger partial charge in [0.05, 0.1) is 0 Å². The molecule has 0 saturated carbocycles. The van der Waals surface area contributed by atoms with Crippen LogP contribution in [0.15, 0.2) is 17.5 Å². The fourth-order valence-corrected chi connectivity index (χ4v) is 0.962. The van der Waals surface area contributed by atoms with Gasteiger partial charge in [0.25, 0.3) is 0 Å². The molecule has 0 fully saturated rings. The largest absolute Gasteiger partial charge is 1.00 e. The van der Waals surface area contributed by atoms with Gasteiger partial charge in [-0.3, -0.25) is 0 Å². The number of thiophene rings is 1. The second-order valence-corrected chi connectivity index (χ2v) is 2.23. The van der Waals surface area contributed by atoms with E-state index < -0.39 is 5.97 Å². The monoisotopic (exact) mass is 136 g/mol. The van der Waals surface area contributed by atoms with Crippen LogP contribution in [0.3, 0.4) is 0 Å². The molecule has 4 heteroatoms. The Labute approximate surface area is 70.2 Å². The van der Waals surface area contributed by atoms with Crippen LogP contribution >= 0.6 is 11.3 Å². The van der Waals surface area contributed by atoms with E-state index in [0.29, 0.717) is 4.88 Å². The zero-order chi connectivity index (χ0) is 5.98. The van der Waals surface area contributed by atoms with Gasteiger partial charge in [0.1, 0.15) is 4.88 Å². The number of carbonyl (C=O) groups is 1. The van der Waals surface area contributed by atoms with Crippen LogP contribution in [0.25, 0.3) is 0 Å². The molecule has 0 radical (unpaired) electrons. The summed E-state index contributed by atoms with van der Waals surface area (Å²) in [5, 5.41) is 10.0. The van der Waals surface area contributed by atoms with Crippen LogP contribution in [0.4, 0.5) is 0 Å². The van der Waals surface area contributed by atoms with Crippen LogP contribution in [-0.4, -0.2) is 11.1 Å².